The monoisotopic (exact) mass is 339 g/mol. The predicted octanol–water partition coefficient (Wildman–Crippen LogP) is 3.19. The van der Waals surface area contributed by atoms with Gasteiger partial charge in [0.25, 0.3) is 0 Å². The summed E-state index contributed by atoms with van der Waals surface area (Å²) in [4.78, 5) is 24.5. The lowest BCUT2D eigenvalue weighted by Crippen LogP contribution is -2.22. The van der Waals surface area contributed by atoms with Crippen molar-refractivity contribution in [3.05, 3.63) is 63.5 Å². The van der Waals surface area contributed by atoms with Crippen LogP contribution in [0.4, 0.5) is 17.6 Å². The maximum absolute atomic E-state index is 14.2. The maximum atomic E-state index is 14.2. The van der Waals surface area contributed by atoms with E-state index in [0.29, 0.717) is 0 Å². The summed E-state index contributed by atoms with van der Waals surface area (Å²) in [5.41, 5.74) is -2.77. The molecule has 4 nitrogen and oxygen atoms in total. The summed E-state index contributed by atoms with van der Waals surface area (Å²) in [5, 5.41) is -1.06. The van der Waals surface area contributed by atoms with Crippen LogP contribution in [0.15, 0.2) is 29.2 Å². The first-order valence-corrected chi connectivity index (χ1v) is 6.86. The van der Waals surface area contributed by atoms with Crippen LogP contribution in [0.5, 0.6) is 0 Å². The van der Waals surface area contributed by atoms with Crippen molar-refractivity contribution in [3.63, 3.8) is 0 Å². The second kappa shape index (κ2) is 5.63. The molecular formula is C16H9F4NO3. The van der Waals surface area contributed by atoms with Crippen LogP contribution in [0.1, 0.15) is 17.3 Å². The van der Waals surface area contributed by atoms with Crippen molar-refractivity contribution in [1.82, 2.24) is 4.40 Å². The van der Waals surface area contributed by atoms with Gasteiger partial charge in [0.1, 0.15) is 5.56 Å². The zero-order chi connectivity index (χ0) is 17.6. The fourth-order valence-electron chi connectivity index (χ4n) is 2.54. The van der Waals surface area contributed by atoms with Gasteiger partial charge < -0.3 is 9.14 Å². The van der Waals surface area contributed by atoms with Gasteiger partial charge >= 0.3 is 5.97 Å². The van der Waals surface area contributed by atoms with Gasteiger partial charge in [-0.05, 0) is 19.1 Å². The van der Waals surface area contributed by atoms with Crippen LogP contribution >= 0.6 is 0 Å². The molecule has 3 aromatic rings. The van der Waals surface area contributed by atoms with E-state index in [9.17, 15) is 27.2 Å². The van der Waals surface area contributed by atoms with Gasteiger partial charge in [-0.25, -0.2) is 22.4 Å². The van der Waals surface area contributed by atoms with Gasteiger partial charge in [0.15, 0.2) is 23.3 Å². The summed E-state index contributed by atoms with van der Waals surface area (Å²) in [6.07, 6.45) is 1.19. The normalized spacial score (nSPS) is 11.2. The number of hydrogen-bond donors (Lipinski definition) is 0. The Kier molecular flexibility index (Phi) is 3.75. The molecule has 3 rings (SSSR count). The van der Waals surface area contributed by atoms with Crippen LogP contribution in [0.2, 0.25) is 0 Å². The number of pyridine rings is 2. The molecule has 0 amide bonds. The van der Waals surface area contributed by atoms with E-state index in [1.54, 1.807) is 0 Å². The molecule has 0 unspecified atom stereocenters. The Bertz CT molecular complexity index is 1060. The smallest absolute Gasteiger partial charge is 0.344 e. The lowest BCUT2D eigenvalue weighted by atomic mass is 10.1. The Hall–Kier alpha value is -2.90. The summed E-state index contributed by atoms with van der Waals surface area (Å²) in [6, 6.07) is 4.12. The number of benzene rings is 1. The Morgan fingerprint density at radius 2 is 1.75 bits per heavy atom. The minimum absolute atomic E-state index is 0.0655. The number of nitrogens with zero attached hydrogens (tertiary/aromatic N) is 1. The summed E-state index contributed by atoms with van der Waals surface area (Å²) in [6.45, 7) is 1.43. The number of rotatable bonds is 2. The highest BCUT2D eigenvalue weighted by Crippen LogP contribution is 2.27. The van der Waals surface area contributed by atoms with Crippen molar-refractivity contribution >= 4 is 22.4 Å². The molecule has 2 heterocycles. The van der Waals surface area contributed by atoms with Crippen LogP contribution in [0.3, 0.4) is 0 Å². The van der Waals surface area contributed by atoms with Gasteiger partial charge in [-0.15, -0.1) is 0 Å². The summed E-state index contributed by atoms with van der Waals surface area (Å²) >= 11 is 0. The molecule has 0 spiro atoms. The van der Waals surface area contributed by atoms with Crippen LogP contribution in [0.25, 0.3) is 16.4 Å². The van der Waals surface area contributed by atoms with Crippen LogP contribution in [0, 0.1) is 23.3 Å². The second-order valence-electron chi connectivity index (χ2n) is 4.86. The molecule has 124 valence electrons. The molecule has 0 fully saturated rings. The third-order valence-electron chi connectivity index (χ3n) is 3.53. The van der Waals surface area contributed by atoms with E-state index in [1.165, 1.54) is 31.3 Å². The highest BCUT2D eigenvalue weighted by molar-refractivity contribution is 6.01. The van der Waals surface area contributed by atoms with Crippen molar-refractivity contribution in [3.8, 4) is 0 Å². The number of fused-ring (bicyclic) bond motifs is 3. The average Bonchev–Trinajstić information content (AvgIpc) is 2.57. The fourth-order valence-corrected chi connectivity index (χ4v) is 2.54. The first-order valence-electron chi connectivity index (χ1n) is 6.86. The first kappa shape index (κ1) is 16.0. The number of halogens is 4. The quantitative estimate of drug-likeness (QED) is 0.237. The van der Waals surface area contributed by atoms with E-state index in [4.69, 9.17) is 4.74 Å². The number of carbonyl (C=O) groups is 1. The number of esters is 1. The van der Waals surface area contributed by atoms with Gasteiger partial charge in [-0.2, -0.15) is 0 Å². The summed E-state index contributed by atoms with van der Waals surface area (Å²) in [7, 11) is 0. The molecule has 0 aliphatic carbocycles. The molecule has 1 aromatic carbocycles. The Morgan fingerprint density at radius 3 is 2.42 bits per heavy atom. The standard InChI is InChI=1S/C16H9F4NO3/c1-2-24-16(23)8-7-5-3-4-6-21(7)14-9(15(8)22)10(17)11(18)12(19)13(14)20/h3-6H,2H2,1H3. The van der Waals surface area contributed by atoms with Crippen molar-refractivity contribution in [2.45, 2.75) is 6.92 Å². The molecular weight excluding hydrogens is 330 g/mol. The zero-order valence-electron chi connectivity index (χ0n) is 12.2. The molecule has 24 heavy (non-hydrogen) atoms. The lowest BCUT2D eigenvalue weighted by molar-refractivity contribution is 0.0527. The molecule has 0 aliphatic rings. The van der Waals surface area contributed by atoms with Crippen molar-refractivity contribution in [2.24, 2.45) is 0 Å². The molecule has 0 bridgehead atoms. The van der Waals surface area contributed by atoms with Crippen LogP contribution in [-0.2, 0) is 4.74 Å². The molecule has 2 aromatic heterocycles. The SMILES string of the molecule is CCOC(=O)c1c(=O)c2c(F)c(F)c(F)c(F)c2n2ccccc12. The Labute approximate surface area is 131 Å². The average molecular weight is 339 g/mol. The number of aromatic nitrogens is 1. The van der Waals surface area contributed by atoms with E-state index in [-0.39, 0.29) is 12.1 Å². The van der Waals surface area contributed by atoms with Crippen molar-refractivity contribution in [2.75, 3.05) is 6.61 Å². The third-order valence-corrected chi connectivity index (χ3v) is 3.53. The molecule has 0 aliphatic heterocycles. The van der Waals surface area contributed by atoms with Gasteiger partial charge in [-0.3, -0.25) is 4.79 Å². The van der Waals surface area contributed by atoms with Crippen LogP contribution in [-0.4, -0.2) is 17.0 Å². The van der Waals surface area contributed by atoms with E-state index in [0.717, 1.165) is 4.40 Å². The van der Waals surface area contributed by atoms with Gasteiger partial charge in [-0.1, -0.05) is 6.07 Å². The summed E-state index contributed by atoms with van der Waals surface area (Å²) in [5.74, 6) is -8.82. The van der Waals surface area contributed by atoms with E-state index >= 15 is 0 Å². The number of hydrogen-bond acceptors (Lipinski definition) is 3. The highest BCUT2D eigenvalue weighted by atomic mass is 19.2. The van der Waals surface area contributed by atoms with E-state index in [1.807, 2.05) is 0 Å². The first-order chi connectivity index (χ1) is 11.4. The Morgan fingerprint density at radius 1 is 1.08 bits per heavy atom. The fraction of sp³-hybridized carbons (Fsp3) is 0.125. The maximum Gasteiger partial charge on any atom is 0.344 e. The van der Waals surface area contributed by atoms with Crippen LogP contribution < -0.4 is 5.43 Å². The highest BCUT2D eigenvalue weighted by Gasteiger charge is 2.28. The molecule has 0 atom stereocenters. The molecule has 0 saturated heterocycles. The van der Waals surface area contributed by atoms with Crippen molar-refractivity contribution in [1.29, 1.82) is 0 Å². The van der Waals surface area contributed by atoms with Gasteiger partial charge in [0.05, 0.1) is 23.0 Å². The number of ether oxygens (including phenoxy) is 1. The lowest BCUT2D eigenvalue weighted by Gasteiger charge is -2.12. The molecule has 0 saturated carbocycles. The molecule has 0 N–H and O–H groups in total. The molecule has 8 heteroatoms. The predicted molar refractivity (Wildman–Crippen MR) is 77.0 cm³/mol. The van der Waals surface area contributed by atoms with E-state index in [2.05, 4.69) is 0 Å². The second-order valence-corrected chi connectivity index (χ2v) is 4.86. The minimum Gasteiger partial charge on any atom is -0.462 e. The minimum atomic E-state index is -2.12. The summed E-state index contributed by atoms with van der Waals surface area (Å²) < 4.78 is 61.0. The largest absolute Gasteiger partial charge is 0.462 e. The third kappa shape index (κ3) is 2.06. The molecule has 0 radical (unpaired) electrons. The van der Waals surface area contributed by atoms with E-state index < -0.39 is 51.1 Å². The zero-order valence-corrected chi connectivity index (χ0v) is 12.2. The van der Waals surface area contributed by atoms with Crippen molar-refractivity contribution < 1.29 is 27.1 Å². The Balaban J connectivity index is 2.66. The van der Waals surface area contributed by atoms with Gasteiger partial charge in [0, 0.05) is 6.20 Å². The van der Waals surface area contributed by atoms with Gasteiger partial charge in [0.2, 0.25) is 5.43 Å². The number of carbonyl (C=O) groups excluding carboxylic acids is 1. The topological polar surface area (TPSA) is 47.8 Å².